The molecule has 0 aromatic heterocycles. The van der Waals surface area contributed by atoms with E-state index < -0.39 is 12.0 Å². The molecule has 0 saturated heterocycles. The smallest absolute Gasteiger partial charge is 0.337 e. The largest absolute Gasteiger partial charge is 0.478 e. The number of nitrogens with zero attached hydrogens (tertiary/aromatic N) is 2. The number of carbonyl (C=O) groups excluding carboxylic acids is 1. The molecule has 0 aliphatic heterocycles. The van der Waals surface area contributed by atoms with E-state index in [1.807, 2.05) is 6.07 Å². The Kier molecular flexibility index (Phi) is 5.15. The Bertz CT molecular complexity index is 540. The number of nitrogens with one attached hydrogen (secondary N) is 1. The topological polar surface area (TPSA) is 93.4 Å². The zero-order valence-electron chi connectivity index (χ0n) is 10.2. The molecule has 6 nitrogen and oxygen atoms in total. The van der Waals surface area contributed by atoms with Gasteiger partial charge in [-0.15, -0.1) is 0 Å². The summed E-state index contributed by atoms with van der Waals surface area (Å²) >= 11 is 5.72. The van der Waals surface area contributed by atoms with Gasteiger partial charge in [0.1, 0.15) is 0 Å². The highest BCUT2D eigenvalue weighted by Crippen LogP contribution is 2.20. The molecule has 0 heterocycles. The fraction of sp³-hybridized carbons (Fsp3) is 0.250. The van der Waals surface area contributed by atoms with Gasteiger partial charge in [-0.3, -0.25) is 0 Å². The molecule has 100 valence electrons. The number of hydrogen-bond donors (Lipinski definition) is 2. The van der Waals surface area contributed by atoms with Crippen LogP contribution in [0.15, 0.2) is 18.2 Å². The van der Waals surface area contributed by atoms with Crippen molar-refractivity contribution in [3.05, 3.63) is 28.8 Å². The van der Waals surface area contributed by atoms with Crippen molar-refractivity contribution in [1.29, 1.82) is 5.26 Å². The Balaban J connectivity index is 2.78. The summed E-state index contributed by atoms with van der Waals surface area (Å²) in [5.41, 5.74) is 0.245. The number of nitriles is 1. The van der Waals surface area contributed by atoms with Crippen molar-refractivity contribution < 1.29 is 14.7 Å². The van der Waals surface area contributed by atoms with Crippen LogP contribution in [0.5, 0.6) is 0 Å². The number of carboxylic acid groups (broad SMARTS) is 1. The summed E-state index contributed by atoms with van der Waals surface area (Å²) in [7, 11) is 1.54. The first-order valence-corrected chi connectivity index (χ1v) is 5.75. The molecule has 1 rings (SSSR count). The van der Waals surface area contributed by atoms with Crippen molar-refractivity contribution in [3.8, 4) is 6.07 Å². The third-order valence-electron chi connectivity index (χ3n) is 2.35. The molecule has 0 radical (unpaired) electrons. The van der Waals surface area contributed by atoms with Crippen LogP contribution in [0.2, 0.25) is 5.02 Å². The summed E-state index contributed by atoms with van der Waals surface area (Å²) in [5, 5.41) is 20.0. The molecule has 1 aromatic rings. The molecule has 0 unspecified atom stereocenters. The second-order valence-corrected chi connectivity index (χ2v) is 4.17. The van der Waals surface area contributed by atoms with Gasteiger partial charge in [-0.05, 0) is 18.2 Å². The monoisotopic (exact) mass is 281 g/mol. The number of hydrogen-bond acceptors (Lipinski definition) is 3. The standard InChI is InChI=1S/C12H12ClN3O3/c1-16(6-2-5-14)12(19)15-8-3-4-10(13)9(7-8)11(17)18/h3-4,7H,2,6H2,1H3,(H,15,19)(H,17,18). The minimum Gasteiger partial charge on any atom is -0.478 e. The molecular weight excluding hydrogens is 270 g/mol. The van der Waals surface area contributed by atoms with Crippen LogP contribution in [-0.2, 0) is 0 Å². The average Bonchev–Trinajstić information content (AvgIpc) is 2.37. The lowest BCUT2D eigenvalue weighted by Gasteiger charge is -2.16. The van der Waals surface area contributed by atoms with Crippen LogP contribution in [0.4, 0.5) is 10.5 Å². The number of aromatic carboxylic acids is 1. The van der Waals surface area contributed by atoms with Gasteiger partial charge < -0.3 is 15.3 Å². The predicted molar refractivity (Wildman–Crippen MR) is 70.3 cm³/mol. The molecule has 0 saturated carbocycles. The maximum Gasteiger partial charge on any atom is 0.337 e. The van der Waals surface area contributed by atoms with E-state index in [4.69, 9.17) is 22.0 Å². The molecule has 0 aliphatic carbocycles. The van der Waals surface area contributed by atoms with Crippen LogP contribution >= 0.6 is 11.6 Å². The summed E-state index contributed by atoms with van der Waals surface area (Å²) < 4.78 is 0. The Hall–Kier alpha value is -2.26. The fourth-order valence-electron chi connectivity index (χ4n) is 1.31. The number of rotatable bonds is 4. The number of carbonyl (C=O) groups is 2. The van der Waals surface area contributed by atoms with E-state index in [-0.39, 0.29) is 17.0 Å². The van der Waals surface area contributed by atoms with Crippen LogP contribution in [0, 0.1) is 11.3 Å². The molecular formula is C12H12ClN3O3. The molecule has 0 fully saturated rings. The molecule has 0 bridgehead atoms. The van der Waals surface area contributed by atoms with E-state index in [2.05, 4.69) is 5.32 Å². The van der Waals surface area contributed by atoms with Crippen molar-refractivity contribution >= 4 is 29.3 Å². The number of amides is 2. The van der Waals surface area contributed by atoms with E-state index in [9.17, 15) is 9.59 Å². The van der Waals surface area contributed by atoms with Gasteiger partial charge in [-0.2, -0.15) is 5.26 Å². The normalized spacial score (nSPS) is 9.53. The zero-order chi connectivity index (χ0) is 14.4. The minimum absolute atomic E-state index is 0.0841. The second-order valence-electron chi connectivity index (χ2n) is 3.76. The summed E-state index contributed by atoms with van der Waals surface area (Å²) in [6, 6.07) is 5.69. The van der Waals surface area contributed by atoms with E-state index in [0.29, 0.717) is 12.2 Å². The van der Waals surface area contributed by atoms with Crippen molar-refractivity contribution in [2.24, 2.45) is 0 Å². The van der Waals surface area contributed by atoms with Gasteiger partial charge >= 0.3 is 12.0 Å². The van der Waals surface area contributed by atoms with Crippen molar-refractivity contribution in [2.75, 3.05) is 18.9 Å². The van der Waals surface area contributed by atoms with E-state index >= 15 is 0 Å². The van der Waals surface area contributed by atoms with Gasteiger partial charge in [-0.25, -0.2) is 9.59 Å². The lowest BCUT2D eigenvalue weighted by atomic mass is 10.2. The highest BCUT2D eigenvalue weighted by atomic mass is 35.5. The third kappa shape index (κ3) is 4.16. The molecule has 0 spiro atoms. The molecule has 2 N–H and O–H groups in total. The Labute approximate surface area is 115 Å². The first-order valence-electron chi connectivity index (χ1n) is 5.37. The molecule has 19 heavy (non-hydrogen) atoms. The molecule has 7 heteroatoms. The second kappa shape index (κ2) is 6.61. The van der Waals surface area contributed by atoms with Crippen LogP contribution in [-0.4, -0.2) is 35.6 Å². The van der Waals surface area contributed by atoms with Gasteiger partial charge in [-0.1, -0.05) is 11.6 Å². The highest BCUT2D eigenvalue weighted by molar-refractivity contribution is 6.33. The first-order chi connectivity index (χ1) is 8.95. The number of anilines is 1. The van der Waals surface area contributed by atoms with Crippen LogP contribution < -0.4 is 5.32 Å². The molecule has 0 aliphatic rings. The lowest BCUT2D eigenvalue weighted by molar-refractivity contribution is 0.0697. The summed E-state index contributed by atoms with van der Waals surface area (Å²) in [5.74, 6) is -1.17. The number of benzene rings is 1. The number of carboxylic acids is 1. The molecule has 1 aromatic carbocycles. The Morgan fingerprint density at radius 1 is 1.53 bits per heavy atom. The average molecular weight is 282 g/mol. The van der Waals surface area contributed by atoms with Gasteiger partial charge in [0.05, 0.1) is 23.1 Å². The summed E-state index contributed by atoms with van der Waals surface area (Å²) in [4.78, 5) is 23.9. The predicted octanol–water partition coefficient (Wildman–Crippen LogP) is 2.42. The van der Waals surface area contributed by atoms with E-state index in [1.54, 1.807) is 7.05 Å². The number of halogens is 1. The van der Waals surface area contributed by atoms with Crippen LogP contribution in [0.25, 0.3) is 0 Å². The SMILES string of the molecule is CN(CCC#N)C(=O)Nc1ccc(Cl)c(C(=O)O)c1. The summed E-state index contributed by atoms with van der Waals surface area (Å²) in [6.07, 6.45) is 0.227. The minimum atomic E-state index is -1.17. The molecule has 2 amide bonds. The van der Waals surface area contributed by atoms with Crippen molar-refractivity contribution in [1.82, 2.24) is 4.90 Å². The van der Waals surface area contributed by atoms with Gasteiger partial charge in [0.2, 0.25) is 0 Å². The zero-order valence-corrected chi connectivity index (χ0v) is 10.9. The van der Waals surface area contributed by atoms with E-state index in [0.717, 1.165) is 0 Å². The molecule has 0 atom stereocenters. The number of urea groups is 1. The van der Waals surface area contributed by atoms with Gasteiger partial charge in [0.25, 0.3) is 0 Å². The van der Waals surface area contributed by atoms with Crippen LogP contribution in [0.3, 0.4) is 0 Å². The van der Waals surface area contributed by atoms with Crippen LogP contribution in [0.1, 0.15) is 16.8 Å². The highest BCUT2D eigenvalue weighted by Gasteiger charge is 2.12. The maximum atomic E-state index is 11.7. The van der Waals surface area contributed by atoms with E-state index in [1.165, 1.54) is 23.1 Å². The Morgan fingerprint density at radius 3 is 2.79 bits per heavy atom. The summed E-state index contributed by atoms with van der Waals surface area (Å²) in [6.45, 7) is 0.293. The van der Waals surface area contributed by atoms with Gasteiger partial charge in [0, 0.05) is 19.3 Å². The fourth-order valence-corrected chi connectivity index (χ4v) is 1.50. The van der Waals surface area contributed by atoms with Crippen molar-refractivity contribution in [3.63, 3.8) is 0 Å². The quantitative estimate of drug-likeness (QED) is 0.886. The maximum absolute atomic E-state index is 11.7. The lowest BCUT2D eigenvalue weighted by Crippen LogP contribution is -2.32. The first kappa shape index (κ1) is 14.8. The van der Waals surface area contributed by atoms with Gasteiger partial charge in [0.15, 0.2) is 0 Å². The Morgan fingerprint density at radius 2 is 2.21 bits per heavy atom. The van der Waals surface area contributed by atoms with Crippen molar-refractivity contribution in [2.45, 2.75) is 6.42 Å². The third-order valence-corrected chi connectivity index (χ3v) is 2.68.